The molecule has 1 atom stereocenters. The van der Waals surface area contributed by atoms with Crippen molar-refractivity contribution in [1.82, 2.24) is 10.2 Å². The minimum absolute atomic E-state index is 0.0763. The van der Waals surface area contributed by atoms with Crippen LogP contribution in [0, 0.1) is 6.92 Å². The fourth-order valence-corrected chi connectivity index (χ4v) is 3.09. The normalized spacial score (nSPS) is 19.2. The Labute approximate surface area is 158 Å². The average Bonchev–Trinajstić information content (AvgIpc) is 2.90. The fourth-order valence-electron chi connectivity index (χ4n) is 3.09. The smallest absolute Gasteiger partial charge is 0.326 e. The number of methoxy groups -OCH3 is 1. The second kappa shape index (κ2) is 8.85. The lowest BCUT2D eigenvalue weighted by Crippen LogP contribution is -2.44. The van der Waals surface area contributed by atoms with E-state index in [0.29, 0.717) is 24.3 Å². The molecule has 1 aliphatic rings. The zero-order valence-electron chi connectivity index (χ0n) is 16.2. The predicted octanol–water partition coefficient (Wildman–Crippen LogP) is 1.74. The standard InChI is InChI=1S/C19H26N2O6/c1-5-19(14-7-8-15(25-4)13(3)11-14)17(23)21(18(24)20-19)12-16(22)27-10-9-26-6-2/h7-8,11H,5-6,9-10,12H2,1-4H3,(H,20,24). The van der Waals surface area contributed by atoms with Crippen LogP contribution in [0.15, 0.2) is 18.2 Å². The minimum Gasteiger partial charge on any atom is -0.496 e. The van der Waals surface area contributed by atoms with E-state index in [1.54, 1.807) is 19.2 Å². The summed E-state index contributed by atoms with van der Waals surface area (Å²) >= 11 is 0. The molecular weight excluding hydrogens is 352 g/mol. The summed E-state index contributed by atoms with van der Waals surface area (Å²) in [5.41, 5.74) is 0.284. The first-order valence-electron chi connectivity index (χ1n) is 8.92. The van der Waals surface area contributed by atoms with E-state index in [2.05, 4.69) is 5.32 Å². The summed E-state index contributed by atoms with van der Waals surface area (Å²) in [5.74, 6) is -0.436. The molecule has 1 heterocycles. The lowest BCUT2D eigenvalue weighted by atomic mass is 9.86. The lowest BCUT2D eigenvalue weighted by molar-refractivity contribution is -0.149. The molecule has 3 amide bonds. The summed E-state index contributed by atoms with van der Waals surface area (Å²) in [6, 6.07) is 4.70. The van der Waals surface area contributed by atoms with Crippen LogP contribution in [-0.2, 0) is 24.6 Å². The van der Waals surface area contributed by atoms with Gasteiger partial charge in [0, 0.05) is 6.61 Å². The third-order valence-corrected chi connectivity index (χ3v) is 4.58. The van der Waals surface area contributed by atoms with Gasteiger partial charge in [0.05, 0.1) is 13.7 Å². The summed E-state index contributed by atoms with van der Waals surface area (Å²) < 4.78 is 15.3. The van der Waals surface area contributed by atoms with Gasteiger partial charge in [-0.2, -0.15) is 0 Å². The highest BCUT2D eigenvalue weighted by Crippen LogP contribution is 2.34. The van der Waals surface area contributed by atoms with Crippen LogP contribution in [0.2, 0.25) is 0 Å². The van der Waals surface area contributed by atoms with Gasteiger partial charge in [-0.1, -0.05) is 13.0 Å². The number of hydrogen-bond acceptors (Lipinski definition) is 6. The van der Waals surface area contributed by atoms with E-state index in [9.17, 15) is 14.4 Å². The Morgan fingerprint density at radius 2 is 1.96 bits per heavy atom. The first kappa shape index (κ1) is 20.7. The van der Waals surface area contributed by atoms with E-state index in [4.69, 9.17) is 14.2 Å². The van der Waals surface area contributed by atoms with Gasteiger partial charge >= 0.3 is 12.0 Å². The van der Waals surface area contributed by atoms with Gasteiger partial charge < -0.3 is 19.5 Å². The van der Waals surface area contributed by atoms with Crippen molar-refractivity contribution in [3.63, 3.8) is 0 Å². The molecule has 1 fully saturated rings. The van der Waals surface area contributed by atoms with Crippen molar-refractivity contribution >= 4 is 17.9 Å². The maximum atomic E-state index is 13.0. The molecule has 1 saturated heterocycles. The summed E-state index contributed by atoms with van der Waals surface area (Å²) in [5, 5.41) is 2.74. The van der Waals surface area contributed by atoms with Crippen LogP contribution in [0.1, 0.15) is 31.4 Å². The van der Waals surface area contributed by atoms with E-state index in [1.165, 1.54) is 0 Å². The quantitative estimate of drug-likeness (QED) is 0.400. The molecule has 8 nitrogen and oxygen atoms in total. The third-order valence-electron chi connectivity index (χ3n) is 4.58. The van der Waals surface area contributed by atoms with Crippen molar-refractivity contribution in [3.8, 4) is 5.75 Å². The molecule has 0 saturated carbocycles. The molecule has 1 aliphatic heterocycles. The molecule has 0 radical (unpaired) electrons. The van der Waals surface area contributed by atoms with E-state index >= 15 is 0 Å². The lowest BCUT2D eigenvalue weighted by Gasteiger charge is -2.26. The number of urea groups is 1. The van der Waals surface area contributed by atoms with Gasteiger partial charge in [-0.15, -0.1) is 0 Å². The minimum atomic E-state index is -1.21. The number of carbonyl (C=O) groups is 3. The summed E-state index contributed by atoms with van der Waals surface area (Å²) in [6.45, 7) is 5.93. The first-order valence-corrected chi connectivity index (χ1v) is 8.92. The van der Waals surface area contributed by atoms with Crippen molar-refractivity contribution in [2.75, 3.05) is 33.5 Å². The topological polar surface area (TPSA) is 94.2 Å². The van der Waals surface area contributed by atoms with Crippen molar-refractivity contribution in [3.05, 3.63) is 29.3 Å². The Balaban J connectivity index is 2.16. The van der Waals surface area contributed by atoms with Crippen LogP contribution in [0.4, 0.5) is 4.79 Å². The highest BCUT2D eigenvalue weighted by Gasteiger charge is 2.51. The summed E-state index contributed by atoms with van der Waals surface area (Å²) in [7, 11) is 1.57. The molecule has 1 aromatic carbocycles. The number of benzene rings is 1. The van der Waals surface area contributed by atoms with E-state index in [-0.39, 0.29) is 13.2 Å². The number of rotatable bonds is 9. The van der Waals surface area contributed by atoms with Gasteiger partial charge in [0.1, 0.15) is 24.4 Å². The SMILES string of the molecule is CCOCCOC(=O)CN1C(=O)NC(CC)(c2ccc(OC)c(C)c2)C1=O. The molecule has 0 spiro atoms. The van der Waals surface area contributed by atoms with Crippen LogP contribution in [0.3, 0.4) is 0 Å². The van der Waals surface area contributed by atoms with E-state index in [0.717, 1.165) is 10.5 Å². The molecule has 0 aromatic heterocycles. The first-order chi connectivity index (χ1) is 12.9. The van der Waals surface area contributed by atoms with Crippen LogP contribution < -0.4 is 10.1 Å². The highest BCUT2D eigenvalue weighted by atomic mass is 16.6. The monoisotopic (exact) mass is 378 g/mol. The summed E-state index contributed by atoms with van der Waals surface area (Å²) in [4.78, 5) is 38.3. The van der Waals surface area contributed by atoms with Crippen LogP contribution >= 0.6 is 0 Å². The van der Waals surface area contributed by atoms with Crippen LogP contribution in [-0.4, -0.2) is 56.3 Å². The maximum absolute atomic E-state index is 13.0. The van der Waals surface area contributed by atoms with Crippen molar-refractivity contribution < 1.29 is 28.6 Å². The predicted molar refractivity (Wildman–Crippen MR) is 97.4 cm³/mol. The number of nitrogens with zero attached hydrogens (tertiary/aromatic N) is 1. The van der Waals surface area contributed by atoms with Crippen molar-refractivity contribution in [1.29, 1.82) is 0 Å². The largest absolute Gasteiger partial charge is 0.496 e. The van der Waals surface area contributed by atoms with Gasteiger partial charge in [-0.25, -0.2) is 4.79 Å². The number of hydrogen-bond donors (Lipinski definition) is 1. The number of aryl methyl sites for hydroxylation is 1. The molecule has 1 aromatic rings. The maximum Gasteiger partial charge on any atom is 0.326 e. The van der Waals surface area contributed by atoms with Crippen molar-refractivity contribution in [2.45, 2.75) is 32.7 Å². The summed E-state index contributed by atoms with van der Waals surface area (Å²) in [6.07, 6.45) is 0.346. The second-order valence-electron chi connectivity index (χ2n) is 6.18. The van der Waals surface area contributed by atoms with E-state index in [1.807, 2.05) is 26.8 Å². The Morgan fingerprint density at radius 3 is 2.56 bits per heavy atom. The van der Waals surface area contributed by atoms with Crippen LogP contribution in [0.5, 0.6) is 5.75 Å². The van der Waals surface area contributed by atoms with Gasteiger partial charge in [0.25, 0.3) is 5.91 Å². The van der Waals surface area contributed by atoms with Crippen LogP contribution in [0.25, 0.3) is 0 Å². The Hall–Kier alpha value is -2.61. The Kier molecular flexibility index (Phi) is 6.79. The van der Waals surface area contributed by atoms with Gasteiger partial charge in [0.15, 0.2) is 0 Å². The number of amides is 3. The number of esters is 1. The number of imide groups is 1. The molecular formula is C19H26N2O6. The molecule has 1 unspecified atom stereocenters. The fraction of sp³-hybridized carbons (Fsp3) is 0.526. The number of carbonyl (C=O) groups excluding carboxylic acids is 3. The average molecular weight is 378 g/mol. The zero-order chi connectivity index (χ0) is 20.0. The Bertz CT molecular complexity index is 720. The molecule has 0 bridgehead atoms. The molecule has 27 heavy (non-hydrogen) atoms. The highest BCUT2D eigenvalue weighted by molar-refractivity contribution is 6.09. The van der Waals surface area contributed by atoms with Gasteiger partial charge in [0.2, 0.25) is 0 Å². The second-order valence-corrected chi connectivity index (χ2v) is 6.18. The van der Waals surface area contributed by atoms with Crippen molar-refractivity contribution in [2.24, 2.45) is 0 Å². The van der Waals surface area contributed by atoms with Gasteiger partial charge in [-0.3, -0.25) is 14.5 Å². The van der Waals surface area contributed by atoms with Gasteiger partial charge in [-0.05, 0) is 43.5 Å². The third kappa shape index (κ3) is 4.21. The zero-order valence-corrected chi connectivity index (χ0v) is 16.2. The number of ether oxygens (including phenoxy) is 3. The molecule has 0 aliphatic carbocycles. The molecule has 2 rings (SSSR count). The van der Waals surface area contributed by atoms with E-state index < -0.39 is 30.0 Å². The molecule has 1 N–H and O–H groups in total. The Morgan fingerprint density at radius 1 is 1.22 bits per heavy atom. The number of nitrogens with one attached hydrogen (secondary N) is 1. The molecule has 8 heteroatoms. The molecule has 148 valence electrons.